The van der Waals surface area contributed by atoms with Gasteiger partial charge in [0.25, 0.3) is 0 Å². The first-order chi connectivity index (χ1) is 18.0. The van der Waals surface area contributed by atoms with Crippen LogP contribution in [0.25, 0.3) is 11.1 Å². The molecule has 1 N–H and O–H groups in total. The third-order valence-corrected chi connectivity index (χ3v) is 9.96. The number of rotatable bonds is 6. The van der Waals surface area contributed by atoms with Gasteiger partial charge in [-0.15, -0.1) is 0 Å². The van der Waals surface area contributed by atoms with Crippen LogP contribution < -0.4 is 4.90 Å². The number of alkyl halides is 1. The number of nitrogens with zero attached hydrogens (tertiary/aromatic N) is 5. The molecule has 6 fully saturated rings. The maximum Gasteiger partial charge on any atom is 0.234 e. The number of carbonyl (C=O) groups is 1. The van der Waals surface area contributed by atoms with Gasteiger partial charge in [0.1, 0.15) is 11.5 Å². The lowest BCUT2D eigenvalue weighted by Crippen LogP contribution is -2.71. The molecule has 0 saturated heterocycles. The van der Waals surface area contributed by atoms with Gasteiger partial charge in [-0.25, -0.2) is 9.37 Å². The molecule has 6 aliphatic carbocycles. The number of hydrogen-bond donors (Lipinski definition) is 1. The number of halogens is 1. The van der Waals surface area contributed by atoms with Crippen LogP contribution >= 0.6 is 0 Å². The Hall–Kier alpha value is -3.10. The highest BCUT2D eigenvalue weighted by Crippen LogP contribution is 2.70. The molecular weight excluding hydrogens is 483 g/mol. The Labute approximate surface area is 221 Å². The zero-order chi connectivity index (χ0) is 26.4. The largest absolute Gasteiger partial charge is 0.339 e. The van der Waals surface area contributed by atoms with Gasteiger partial charge in [0.05, 0.1) is 11.6 Å². The average molecular weight is 519 g/mol. The maximum absolute atomic E-state index is 14.5. The monoisotopic (exact) mass is 518 g/mol. The minimum Gasteiger partial charge on any atom is -0.339 e. The predicted octanol–water partition coefficient (Wildman–Crippen LogP) is 5.67. The lowest BCUT2D eigenvalue weighted by Gasteiger charge is -2.65. The predicted molar refractivity (Wildman–Crippen MR) is 139 cm³/mol. The van der Waals surface area contributed by atoms with Crippen molar-refractivity contribution < 1.29 is 13.7 Å². The van der Waals surface area contributed by atoms with Gasteiger partial charge in [-0.2, -0.15) is 10.1 Å². The number of H-pyrrole nitrogens is 1. The minimum atomic E-state index is -1.13. The van der Waals surface area contributed by atoms with Crippen molar-refractivity contribution in [2.24, 2.45) is 10.8 Å². The van der Waals surface area contributed by atoms with Crippen molar-refractivity contribution >= 4 is 11.7 Å². The lowest BCUT2D eigenvalue weighted by atomic mass is 9.41. The fourth-order valence-electron chi connectivity index (χ4n) is 7.50. The van der Waals surface area contributed by atoms with E-state index in [0.717, 1.165) is 55.5 Å². The first-order valence-electron chi connectivity index (χ1n) is 13.8. The van der Waals surface area contributed by atoms with E-state index in [4.69, 9.17) is 9.51 Å². The highest BCUT2D eigenvalue weighted by molar-refractivity contribution is 6.00. The van der Waals surface area contributed by atoms with Crippen LogP contribution in [-0.2, 0) is 15.6 Å². The molecular formula is C29H35FN6O2. The number of carbonyl (C=O) groups excluding carboxylic acids is 1. The average Bonchev–Trinajstić information content (AvgIpc) is 3.59. The van der Waals surface area contributed by atoms with Crippen LogP contribution in [0.5, 0.6) is 0 Å². The molecule has 1 amide bonds. The topological polar surface area (TPSA) is 101 Å². The maximum atomic E-state index is 14.5. The van der Waals surface area contributed by atoms with Crippen LogP contribution in [0.15, 0.2) is 35.2 Å². The summed E-state index contributed by atoms with van der Waals surface area (Å²) in [5, 5.41) is 11.4. The molecule has 38 heavy (non-hydrogen) atoms. The molecule has 4 bridgehead atoms. The Morgan fingerprint density at radius 3 is 2.39 bits per heavy atom. The molecule has 0 unspecified atom stereocenters. The molecule has 6 saturated carbocycles. The summed E-state index contributed by atoms with van der Waals surface area (Å²) in [5.41, 5.74) is 0.0135. The summed E-state index contributed by atoms with van der Waals surface area (Å²) < 4.78 is 20.1. The molecule has 3 aromatic heterocycles. The molecule has 0 spiro atoms. The fourth-order valence-corrected chi connectivity index (χ4v) is 7.50. The highest BCUT2D eigenvalue weighted by Gasteiger charge is 2.73. The number of fused-ring (bicyclic) bond motifs is 3. The van der Waals surface area contributed by atoms with Crippen molar-refractivity contribution in [1.29, 1.82) is 0 Å². The second-order valence-electron chi connectivity index (χ2n) is 13.7. The number of amides is 1. The van der Waals surface area contributed by atoms with E-state index in [-0.39, 0.29) is 22.2 Å². The number of nitrogens with one attached hydrogen (secondary N) is 1. The van der Waals surface area contributed by atoms with Gasteiger partial charge in [-0.3, -0.25) is 14.8 Å². The Kier molecular flexibility index (Phi) is 4.88. The van der Waals surface area contributed by atoms with E-state index in [1.165, 1.54) is 0 Å². The summed E-state index contributed by atoms with van der Waals surface area (Å²) in [5.74, 6) is 2.23. The summed E-state index contributed by atoms with van der Waals surface area (Å²) in [6, 6.07) is 3.90. The molecule has 0 aliphatic heterocycles. The Bertz CT molecular complexity index is 1350. The van der Waals surface area contributed by atoms with Crippen molar-refractivity contribution in [3.63, 3.8) is 0 Å². The number of pyridine rings is 1. The van der Waals surface area contributed by atoms with Crippen LogP contribution in [0.3, 0.4) is 0 Å². The van der Waals surface area contributed by atoms with Crippen LogP contribution in [0.4, 0.5) is 10.2 Å². The summed E-state index contributed by atoms with van der Waals surface area (Å²) >= 11 is 0. The molecule has 0 radical (unpaired) electrons. The smallest absolute Gasteiger partial charge is 0.234 e. The van der Waals surface area contributed by atoms with Gasteiger partial charge in [0.15, 0.2) is 5.82 Å². The van der Waals surface area contributed by atoms with Crippen LogP contribution in [0.2, 0.25) is 0 Å². The van der Waals surface area contributed by atoms with E-state index >= 15 is 0 Å². The first kappa shape index (κ1) is 24.0. The third-order valence-electron chi connectivity index (χ3n) is 9.96. The van der Waals surface area contributed by atoms with E-state index in [0.29, 0.717) is 37.5 Å². The number of aromatic nitrogens is 5. The molecule has 3 heterocycles. The normalized spacial score (nSPS) is 33.5. The van der Waals surface area contributed by atoms with E-state index in [1.807, 2.05) is 23.2 Å². The third kappa shape index (κ3) is 3.57. The van der Waals surface area contributed by atoms with Gasteiger partial charge in [-0.05, 0) is 80.9 Å². The molecule has 200 valence electrons. The second-order valence-corrected chi connectivity index (χ2v) is 13.7. The summed E-state index contributed by atoms with van der Waals surface area (Å²) in [4.78, 5) is 25.4. The van der Waals surface area contributed by atoms with Crippen molar-refractivity contribution in [3.8, 4) is 11.1 Å². The number of hydrogen-bond acceptors (Lipinski definition) is 6. The minimum absolute atomic E-state index is 0.0122. The molecule has 9 heteroatoms. The highest BCUT2D eigenvalue weighted by atomic mass is 19.1. The van der Waals surface area contributed by atoms with Crippen LogP contribution in [0, 0.1) is 10.8 Å². The Morgan fingerprint density at radius 2 is 1.82 bits per heavy atom. The van der Waals surface area contributed by atoms with Gasteiger partial charge in [-0.1, -0.05) is 25.9 Å². The zero-order valence-electron chi connectivity index (χ0n) is 22.4. The quantitative estimate of drug-likeness (QED) is 0.451. The molecule has 9 rings (SSSR count). The number of aromatic amines is 1. The van der Waals surface area contributed by atoms with Gasteiger partial charge in [0.2, 0.25) is 11.8 Å². The van der Waals surface area contributed by atoms with Crippen molar-refractivity contribution in [2.75, 3.05) is 11.4 Å². The first-order valence-corrected chi connectivity index (χ1v) is 13.8. The fraction of sp³-hybridized carbons (Fsp3) is 0.621. The van der Waals surface area contributed by atoms with Crippen LogP contribution in [0.1, 0.15) is 90.3 Å². The molecule has 0 aromatic carbocycles. The van der Waals surface area contributed by atoms with Crippen molar-refractivity contribution in [2.45, 2.75) is 95.1 Å². The molecule has 8 nitrogen and oxygen atoms in total. The molecule has 6 aliphatic rings. The SMILES string of the molecule is CC(C)(C)c1nc(C23CCC(CN(C(=O)C45CC(F)(C4)C5)c4cc(-c5cn[nH]c5)ccn4)(CC2)CC3)no1. The van der Waals surface area contributed by atoms with Gasteiger partial charge in [0, 0.05) is 35.3 Å². The van der Waals surface area contributed by atoms with Crippen LogP contribution in [-0.4, -0.2) is 43.4 Å². The summed E-state index contributed by atoms with van der Waals surface area (Å²) in [7, 11) is 0. The van der Waals surface area contributed by atoms with E-state index in [1.54, 1.807) is 12.4 Å². The molecule has 0 atom stereocenters. The summed E-state index contributed by atoms with van der Waals surface area (Å²) in [6.07, 6.45) is 12.4. The lowest BCUT2D eigenvalue weighted by molar-refractivity contribution is -0.211. The summed E-state index contributed by atoms with van der Waals surface area (Å²) in [6.45, 7) is 6.88. The van der Waals surface area contributed by atoms with Crippen molar-refractivity contribution in [3.05, 3.63) is 42.4 Å². The standard InChI is InChI=1S/C29H35FN6O2/c1-25(2,3)23-34-22(35-38-23)27-8-5-26(6-9-27,7-10-27)18-36(24(37)28-15-29(30,16-28)17-28)21-12-19(4-11-31-21)20-13-32-33-14-20/h4,11-14H,5-10,15-18H2,1-3H3,(H,32,33). The van der Waals surface area contributed by atoms with Gasteiger partial charge < -0.3 is 4.52 Å². The van der Waals surface area contributed by atoms with E-state index in [2.05, 4.69) is 41.1 Å². The van der Waals surface area contributed by atoms with Crippen molar-refractivity contribution in [1.82, 2.24) is 25.3 Å². The molecule has 3 aromatic rings. The number of anilines is 1. The Balaban J connectivity index is 1.16. The van der Waals surface area contributed by atoms with E-state index in [9.17, 15) is 9.18 Å². The van der Waals surface area contributed by atoms with Gasteiger partial charge >= 0.3 is 0 Å². The second kappa shape index (κ2) is 7.73. The Morgan fingerprint density at radius 1 is 1.11 bits per heavy atom. The zero-order valence-corrected chi connectivity index (χ0v) is 22.4. The van der Waals surface area contributed by atoms with E-state index < -0.39 is 11.1 Å².